The lowest BCUT2D eigenvalue weighted by molar-refractivity contribution is 0.423. The van der Waals surface area contributed by atoms with Crippen LogP contribution in [0.4, 0.5) is 0 Å². The molecule has 2 N–H and O–H groups in total. The highest BCUT2D eigenvalue weighted by molar-refractivity contribution is 6.47. The lowest BCUT2D eigenvalue weighted by Gasteiger charge is -1.97. The van der Waals surface area contributed by atoms with E-state index in [4.69, 9.17) is 10.0 Å². The van der Waals surface area contributed by atoms with Crippen LogP contribution in [0.1, 0.15) is 26.7 Å². The summed E-state index contributed by atoms with van der Waals surface area (Å²) in [5.74, 6) is 1.47. The van der Waals surface area contributed by atoms with Gasteiger partial charge in [0.25, 0.3) is 0 Å². The van der Waals surface area contributed by atoms with E-state index < -0.39 is 7.12 Å². The first-order valence-electron chi connectivity index (χ1n) is 3.26. The second kappa shape index (κ2) is 4.59. The van der Waals surface area contributed by atoms with Gasteiger partial charge in [0.15, 0.2) is 0 Å². The minimum Gasteiger partial charge on any atom is -0.424 e. The quantitative estimate of drug-likeness (QED) is 0.550. The molecule has 52 valence electrons. The Morgan fingerprint density at radius 2 is 1.78 bits per heavy atom. The van der Waals surface area contributed by atoms with Crippen LogP contribution in [-0.2, 0) is 0 Å². The Balaban J connectivity index is 3.75. The Kier molecular flexibility index (Phi) is 4.45. The molecule has 0 amide bonds. The molecule has 0 rings (SSSR count). The van der Waals surface area contributed by atoms with Crippen molar-refractivity contribution in [2.75, 3.05) is 0 Å². The highest BCUT2D eigenvalue weighted by Gasteiger charge is 2.01. The van der Waals surface area contributed by atoms with Gasteiger partial charge in [-0.2, -0.15) is 0 Å². The van der Waals surface area contributed by atoms with Gasteiger partial charge in [-0.15, -0.1) is 0 Å². The summed E-state index contributed by atoms with van der Waals surface area (Å²) in [6.07, 6.45) is 1.79. The van der Waals surface area contributed by atoms with E-state index in [1.807, 2.05) is 13.8 Å². The van der Waals surface area contributed by atoms with Crippen molar-refractivity contribution in [2.24, 2.45) is 0 Å². The fourth-order valence-corrected chi connectivity index (χ4v) is 0.697. The first-order valence-corrected chi connectivity index (χ1v) is 3.26. The number of allylic oxidation sites excluding steroid dienone is 1. The fourth-order valence-electron chi connectivity index (χ4n) is 0.697. The second-order valence-electron chi connectivity index (χ2n) is 1.95. The summed E-state index contributed by atoms with van der Waals surface area (Å²) < 4.78 is 0. The van der Waals surface area contributed by atoms with Crippen LogP contribution in [0.3, 0.4) is 0 Å². The highest BCUT2D eigenvalue weighted by atomic mass is 16.4. The molecule has 0 bridgehead atoms. The van der Waals surface area contributed by atoms with Crippen LogP contribution in [0, 0.1) is 0 Å². The minimum absolute atomic E-state index is 0.897. The van der Waals surface area contributed by atoms with Crippen molar-refractivity contribution >= 4 is 7.12 Å². The maximum atomic E-state index is 8.46. The van der Waals surface area contributed by atoms with Gasteiger partial charge in [0.05, 0.1) is 0 Å². The molecule has 9 heavy (non-hydrogen) atoms. The standard InChI is InChI=1S/C6H13BO2/c1-3-6(4-2)5-7(8)9/h5,8-9H,3-4H2,1-2H3. The molecule has 0 saturated heterocycles. The van der Waals surface area contributed by atoms with Gasteiger partial charge in [0.2, 0.25) is 0 Å². The van der Waals surface area contributed by atoms with Gasteiger partial charge < -0.3 is 10.0 Å². The maximum absolute atomic E-state index is 8.46. The molecule has 0 fully saturated rings. The molecule has 0 atom stereocenters. The number of hydrogen-bond acceptors (Lipinski definition) is 2. The van der Waals surface area contributed by atoms with Crippen LogP contribution in [0.2, 0.25) is 0 Å². The maximum Gasteiger partial charge on any atom is 0.480 e. The van der Waals surface area contributed by atoms with E-state index in [9.17, 15) is 0 Å². The van der Waals surface area contributed by atoms with Gasteiger partial charge in [-0.25, -0.2) is 0 Å². The Morgan fingerprint density at radius 3 is 1.89 bits per heavy atom. The fraction of sp³-hybridized carbons (Fsp3) is 0.667. The summed E-state index contributed by atoms with van der Waals surface area (Å²) in [6.45, 7) is 4.00. The van der Waals surface area contributed by atoms with E-state index in [1.165, 1.54) is 5.98 Å². The molecule has 0 aromatic carbocycles. The van der Waals surface area contributed by atoms with E-state index >= 15 is 0 Å². The highest BCUT2D eigenvalue weighted by Crippen LogP contribution is 2.04. The monoisotopic (exact) mass is 128 g/mol. The third-order valence-electron chi connectivity index (χ3n) is 1.29. The molecule has 0 aliphatic rings. The minimum atomic E-state index is -1.28. The molecule has 0 saturated carbocycles. The van der Waals surface area contributed by atoms with E-state index in [-0.39, 0.29) is 0 Å². The smallest absolute Gasteiger partial charge is 0.424 e. The second-order valence-corrected chi connectivity index (χ2v) is 1.95. The normalized spacial score (nSPS) is 8.89. The third kappa shape index (κ3) is 4.24. The van der Waals surface area contributed by atoms with Gasteiger partial charge in [-0.05, 0) is 12.8 Å². The van der Waals surface area contributed by atoms with Gasteiger partial charge in [0, 0.05) is 0 Å². The Hall–Kier alpha value is -0.275. The molecular formula is C6H13BO2. The predicted octanol–water partition coefficient (Wildman–Crippen LogP) is 0.745. The summed E-state index contributed by atoms with van der Waals surface area (Å²) in [5, 5.41) is 16.9. The van der Waals surface area contributed by atoms with Crippen LogP contribution in [0.15, 0.2) is 11.5 Å². The van der Waals surface area contributed by atoms with E-state index in [0.717, 1.165) is 18.4 Å². The molecule has 0 spiro atoms. The molecule has 2 nitrogen and oxygen atoms in total. The van der Waals surface area contributed by atoms with Crippen LogP contribution in [-0.4, -0.2) is 17.2 Å². The first kappa shape index (κ1) is 8.72. The molecular weight excluding hydrogens is 115 g/mol. The zero-order valence-corrected chi connectivity index (χ0v) is 5.96. The average Bonchev–Trinajstić information content (AvgIpc) is 1.82. The Labute approximate surface area is 56.4 Å². The van der Waals surface area contributed by atoms with Crippen LogP contribution < -0.4 is 0 Å². The van der Waals surface area contributed by atoms with Crippen molar-refractivity contribution in [3.63, 3.8) is 0 Å². The van der Waals surface area contributed by atoms with Crippen molar-refractivity contribution in [3.05, 3.63) is 11.5 Å². The van der Waals surface area contributed by atoms with Gasteiger partial charge in [0.1, 0.15) is 0 Å². The lowest BCUT2D eigenvalue weighted by atomic mass is 9.87. The van der Waals surface area contributed by atoms with Crippen LogP contribution >= 0.6 is 0 Å². The summed E-state index contributed by atoms with van der Waals surface area (Å²) >= 11 is 0. The van der Waals surface area contributed by atoms with E-state index in [0.29, 0.717) is 0 Å². The van der Waals surface area contributed by atoms with Crippen molar-refractivity contribution < 1.29 is 10.0 Å². The van der Waals surface area contributed by atoms with Crippen LogP contribution in [0.5, 0.6) is 0 Å². The van der Waals surface area contributed by atoms with Crippen molar-refractivity contribution in [2.45, 2.75) is 26.7 Å². The summed E-state index contributed by atoms with van der Waals surface area (Å²) in [7, 11) is -1.28. The third-order valence-corrected chi connectivity index (χ3v) is 1.29. The molecule has 0 unspecified atom stereocenters. The molecule has 0 radical (unpaired) electrons. The summed E-state index contributed by atoms with van der Waals surface area (Å²) in [4.78, 5) is 0. The molecule has 0 aromatic heterocycles. The molecule has 0 heterocycles. The lowest BCUT2D eigenvalue weighted by Crippen LogP contribution is -2.07. The number of rotatable bonds is 3. The zero-order valence-electron chi connectivity index (χ0n) is 5.96. The summed E-state index contributed by atoms with van der Waals surface area (Å²) in [6, 6.07) is 0. The topological polar surface area (TPSA) is 40.5 Å². The van der Waals surface area contributed by atoms with Gasteiger partial charge in [-0.3, -0.25) is 0 Å². The Morgan fingerprint density at radius 1 is 1.33 bits per heavy atom. The predicted molar refractivity (Wildman–Crippen MR) is 38.9 cm³/mol. The molecule has 0 aliphatic carbocycles. The SMILES string of the molecule is CCC(=CB(O)O)CC. The van der Waals surface area contributed by atoms with E-state index in [1.54, 1.807) is 0 Å². The van der Waals surface area contributed by atoms with E-state index in [2.05, 4.69) is 0 Å². The number of hydrogen-bond donors (Lipinski definition) is 2. The Bertz CT molecular complexity index is 93.2. The van der Waals surface area contributed by atoms with Gasteiger partial charge >= 0.3 is 7.12 Å². The largest absolute Gasteiger partial charge is 0.480 e. The van der Waals surface area contributed by atoms with Crippen molar-refractivity contribution in [1.82, 2.24) is 0 Å². The molecule has 0 aromatic rings. The van der Waals surface area contributed by atoms with Crippen LogP contribution in [0.25, 0.3) is 0 Å². The zero-order chi connectivity index (χ0) is 7.28. The average molecular weight is 128 g/mol. The first-order chi connectivity index (χ1) is 4.20. The van der Waals surface area contributed by atoms with Crippen molar-refractivity contribution in [3.8, 4) is 0 Å². The molecule has 3 heteroatoms. The van der Waals surface area contributed by atoms with Gasteiger partial charge in [-0.1, -0.05) is 25.4 Å². The molecule has 0 aliphatic heterocycles. The summed E-state index contributed by atoms with van der Waals surface area (Å²) in [5.41, 5.74) is 1.09. The van der Waals surface area contributed by atoms with Crippen molar-refractivity contribution in [1.29, 1.82) is 0 Å².